The molecule has 1 aromatic heterocycles. The molecule has 1 saturated heterocycles. The van der Waals surface area contributed by atoms with Gasteiger partial charge < -0.3 is 10.0 Å². The SMILES string of the molecule is O=C(O)Cc1cnc(CCN2CCCCC2)s1. The molecule has 0 saturated carbocycles. The molecule has 0 aliphatic carbocycles. The molecule has 1 aliphatic heterocycles. The summed E-state index contributed by atoms with van der Waals surface area (Å²) in [4.78, 5) is 18.2. The highest BCUT2D eigenvalue weighted by Gasteiger charge is 2.11. The van der Waals surface area contributed by atoms with Crippen molar-refractivity contribution >= 4 is 17.3 Å². The van der Waals surface area contributed by atoms with Crippen LogP contribution in [-0.4, -0.2) is 40.6 Å². The first-order valence-electron chi connectivity index (χ1n) is 6.12. The van der Waals surface area contributed by atoms with E-state index in [0.29, 0.717) is 0 Å². The standard InChI is InChI=1S/C12H18N2O2S/c15-12(16)8-10-9-13-11(17-10)4-7-14-5-2-1-3-6-14/h9H,1-8H2,(H,15,16). The molecule has 0 atom stereocenters. The van der Waals surface area contributed by atoms with Crippen molar-refractivity contribution in [1.82, 2.24) is 9.88 Å². The molecule has 0 amide bonds. The van der Waals surface area contributed by atoms with E-state index in [4.69, 9.17) is 5.11 Å². The van der Waals surface area contributed by atoms with Crippen LogP contribution in [0.5, 0.6) is 0 Å². The second kappa shape index (κ2) is 6.12. The molecule has 94 valence electrons. The van der Waals surface area contributed by atoms with Gasteiger partial charge in [-0.3, -0.25) is 4.79 Å². The molecular weight excluding hydrogens is 236 g/mol. The molecule has 17 heavy (non-hydrogen) atoms. The normalized spacial score (nSPS) is 17.2. The number of hydrogen-bond donors (Lipinski definition) is 1. The third-order valence-corrected chi connectivity index (χ3v) is 4.07. The zero-order valence-electron chi connectivity index (χ0n) is 9.89. The summed E-state index contributed by atoms with van der Waals surface area (Å²) in [6.07, 6.45) is 6.72. The molecule has 0 radical (unpaired) electrons. The number of aliphatic carboxylic acids is 1. The molecule has 2 rings (SSSR count). The van der Waals surface area contributed by atoms with Gasteiger partial charge >= 0.3 is 5.97 Å². The fraction of sp³-hybridized carbons (Fsp3) is 0.667. The first-order valence-corrected chi connectivity index (χ1v) is 6.93. The molecule has 1 N–H and O–H groups in total. The third-order valence-electron chi connectivity index (χ3n) is 3.02. The highest BCUT2D eigenvalue weighted by molar-refractivity contribution is 7.11. The Labute approximate surface area is 105 Å². The number of carbonyl (C=O) groups is 1. The number of carboxylic acid groups (broad SMARTS) is 1. The van der Waals surface area contributed by atoms with E-state index in [1.54, 1.807) is 6.20 Å². The van der Waals surface area contributed by atoms with Crippen LogP contribution in [0.4, 0.5) is 0 Å². The number of aromatic nitrogens is 1. The Bertz CT molecular complexity index is 372. The minimum Gasteiger partial charge on any atom is -0.481 e. The van der Waals surface area contributed by atoms with Crippen LogP contribution in [0.25, 0.3) is 0 Å². The van der Waals surface area contributed by atoms with Crippen LogP contribution in [0.1, 0.15) is 29.1 Å². The third kappa shape index (κ3) is 4.09. The second-order valence-corrected chi connectivity index (χ2v) is 5.64. The minimum absolute atomic E-state index is 0.0986. The summed E-state index contributed by atoms with van der Waals surface area (Å²) < 4.78 is 0. The average Bonchev–Trinajstić information content (AvgIpc) is 2.75. The molecule has 4 nitrogen and oxygen atoms in total. The van der Waals surface area contributed by atoms with Gasteiger partial charge in [0.05, 0.1) is 11.4 Å². The lowest BCUT2D eigenvalue weighted by Gasteiger charge is -2.25. The Balaban J connectivity index is 1.78. The van der Waals surface area contributed by atoms with E-state index in [0.717, 1.165) is 22.9 Å². The van der Waals surface area contributed by atoms with Crippen LogP contribution in [0.3, 0.4) is 0 Å². The highest BCUT2D eigenvalue weighted by atomic mass is 32.1. The Morgan fingerprint density at radius 1 is 1.41 bits per heavy atom. The monoisotopic (exact) mass is 254 g/mol. The van der Waals surface area contributed by atoms with E-state index in [1.807, 2.05) is 0 Å². The average molecular weight is 254 g/mol. The van der Waals surface area contributed by atoms with Crippen LogP contribution < -0.4 is 0 Å². The number of nitrogens with zero attached hydrogens (tertiary/aromatic N) is 2. The zero-order chi connectivity index (χ0) is 12.1. The van der Waals surface area contributed by atoms with E-state index >= 15 is 0 Å². The van der Waals surface area contributed by atoms with Crippen LogP contribution in [0.15, 0.2) is 6.20 Å². The van der Waals surface area contributed by atoms with Crippen molar-refractivity contribution < 1.29 is 9.90 Å². The number of piperidine rings is 1. The highest BCUT2D eigenvalue weighted by Crippen LogP contribution is 2.15. The van der Waals surface area contributed by atoms with Gasteiger partial charge in [-0.25, -0.2) is 4.98 Å². The number of hydrogen-bond acceptors (Lipinski definition) is 4. The van der Waals surface area contributed by atoms with Gasteiger partial charge in [-0.2, -0.15) is 0 Å². The molecule has 5 heteroatoms. The number of carboxylic acids is 1. The van der Waals surface area contributed by atoms with Crippen molar-refractivity contribution in [2.24, 2.45) is 0 Å². The number of likely N-dealkylation sites (tertiary alicyclic amines) is 1. The van der Waals surface area contributed by atoms with E-state index in [2.05, 4.69) is 9.88 Å². The smallest absolute Gasteiger partial charge is 0.308 e. The molecule has 1 aromatic rings. The van der Waals surface area contributed by atoms with Gasteiger partial charge in [0.15, 0.2) is 0 Å². The van der Waals surface area contributed by atoms with Crippen LogP contribution in [0, 0.1) is 0 Å². The molecule has 0 aromatic carbocycles. The molecule has 0 unspecified atom stereocenters. The molecular formula is C12H18N2O2S. The molecule has 0 bridgehead atoms. The Hall–Kier alpha value is -0.940. The van der Waals surface area contributed by atoms with Gasteiger partial charge in [-0.1, -0.05) is 6.42 Å². The lowest BCUT2D eigenvalue weighted by molar-refractivity contribution is -0.136. The van der Waals surface area contributed by atoms with Gasteiger partial charge in [0.2, 0.25) is 0 Å². The van der Waals surface area contributed by atoms with E-state index in [9.17, 15) is 4.79 Å². The van der Waals surface area contributed by atoms with Gasteiger partial charge in [-0.05, 0) is 25.9 Å². The topological polar surface area (TPSA) is 53.4 Å². The minimum atomic E-state index is -0.781. The predicted molar refractivity (Wildman–Crippen MR) is 67.4 cm³/mol. The van der Waals surface area contributed by atoms with Crippen LogP contribution in [0.2, 0.25) is 0 Å². The van der Waals surface area contributed by atoms with Gasteiger partial charge in [0, 0.05) is 24.0 Å². The number of rotatable bonds is 5. The Morgan fingerprint density at radius 2 is 2.18 bits per heavy atom. The maximum Gasteiger partial charge on any atom is 0.308 e. The first-order chi connectivity index (χ1) is 8.24. The summed E-state index contributed by atoms with van der Waals surface area (Å²) >= 11 is 1.53. The number of thiazole rings is 1. The van der Waals surface area contributed by atoms with Gasteiger partial charge in [0.25, 0.3) is 0 Å². The van der Waals surface area contributed by atoms with Crippen molar-refractivity contribution in [3.63, 3.8) is 0 Å². The summed E-state index contributed by atoms with van der Waals surface area (Å²) in [5, 5.41) is 9.74. The first kappa shape index (κ1) is 12.5. The maximum atomic E-state index is 10.6. The largest absolute Gasteiger partial charge is 0.481 e. The van der Waals surface area contributed by atoms with Gasteiger partial charge in [-0.15, -0.1) is 11.3 Å². The van der Waals surface area contributed by atoms with Crippen molar-refractivity contribution in [3.8, 4) is 0 Å². The lowest BCUT2D eigenvalue weighted by atomic mass is 10.1. The Kier molecular flexibility index (Phi) is 4.50. The molecule has 2 heterocycles. The summed E-state index contributed by atoms with van der Waals surface area (Å²) in [5.41, 5.74) is 0. The predicted octanol–water partition coefficient (Wildman–Crippen LogP) is 1.80. The summed E-state index contributed by atoms with van der Waals surface area (Å²) in [6, 6.07) is 0. The van der Waals surface area contributed by atoms with Crippen molar-refractivity contribution in [2.75, 3.05) is 19.6 Å². The summed E-state index contributed by atoms with van der Waals surface area (Å²) in [7, 11) is 0. The second-order valence-electron chi connectivity index (χ2n) is 4.44. The van der Waals surface area contributed by atoms with Crippen LogP contribution >= 0.6 is 11.3 Å². The lowest BCUT2D eigenvalue weighted by Crippen LogP contribution is -2.31. The van der Waals surface area contributed by atoms with E-state index in [1.165, 1.54) is 43.7 Å². The van der Waals surface area contributed by atoms with Crippen molar-refractivity contribution in [2.45, 2.75) is 32.1 Å². The van der Waals surface area contributed by atoms with E-state index in [-0.39, 0.29) is 6.42 Å². The molecule has 0 spiro atoms. The van der Waals surface area contributed by atoms with Crippen molar-refractivity contribution in [3.05, 3.63) is 16.1 Å². The molecule has 1 fully saturated rings. The maximum absolute atomic E-state index is 10.6. The Morgan fingerprint density at radius 3 is 2.88 bits per heavy atom. The van der Waals surface area contributed by atoms with Crippen molar-refractivity contribution in [1.29, 1.82) is 0 Å². The van der Waals surface area contributed by atoms with E-state index < -0.39 is 5.97 Å². The fourth-order valence-electron chi connectivity index (χ4n) is 2.13. The fourth-order valence-corrected chi connectivity index (χ4v) is 3.03. The van der Waals surface area contributed by atoms with Crippen LogP contribution in [-0.2, 0) is 17.6 Å². The van der Waals surface area contributed by atoms with Gasteiger partial charge in [0.1, 0.15) is 0 Å². The molecule has 1 aliphatic rings. The quantitative estimate of drug-likeness (QED) is 0.870. The zero-order valence-corrected chi connectivity index (χ0v) is 10.7. The summed E-state index contributed by atoms with van der Waals surface area (Å²) in [6.45, 7) is 3.46. The summed E-state index contributed by atoms with van der Waals surface area (Å²) in [5.74, 6) is -0.781.